The zero-order valence-electron chi connectivity index (χ0n) is 18.5. The van der Waals surface area contributed by atoms with Crippen LogP contribution in [-0.4, -0.2) is 34.1 Å². The number of carbonyl (C=O) groups excluding carboxylic acids is 3. The lowest BCUT2D eigenvalue weighted by Crippen LogP contribution is -2.52. The van der Waals surface area contributed by atoms with Crippen LogP contribution in [0.3, 0.4) is 0 Å². The Hall–Kier alpha value is -3.68. The molecule has 0 bridgehead atoms. The van der Waals surface area contributed by atoms with Crippen molar-refractivity contribution in [2.45, 2.75) is 50.6 Å². The first kappa shape index (κ1) is 21.2. The van der Waals surface area contributed by atoms with E-state index in [1.54, 1.807) is 0 Å². The van der Waals surface area contributed by atoms with Gasteiger partial charge in [-0.1, -0.05) is 55.5 Å². The number of rotatable bonds is 4. The molecule has 1 unspecified atom stereocenters. The van der Waals surface area contributed by atoms with E-state index >= 15 is 0 Å². The van der Waals surface area contributed by atoms with Crippen molar-refractivity contribution in [3.63, 3.8) is 0 Å². The minimum absolute atomic E-state index is 0.163. The number of carbonyl (C=O) groups is 3. The molecule has 8 nitrogen and oxygen atoms in total. The van der Waals surface area contributed by atoms with Gasteiger partial charge >= 0.3 is 6.03 Å². The van der Waals surface area contributed by atoms with Gasteiger partial charge in [-0.05, 0) is 49.3 Å². The van der Waals surface area contributed by atoms with Crippen molar-refractivity contribution in [2.24, 2.45) is 11.0 Å². The second-order valence-electron chi connectivity index (χ2n) is 9.13. The maximum Gasteiger partial charge on any atom is 0.344 e. The monoisotopic (exact) mass is 445 g/mol. The number of hydrogen-bond acceptors (Lipinski definition) is 5. The van der Waals surface area contributed by atoms with Gasteiger partial charge in [0.05, 0.1) is 11.7 Å². The molecule has 2 heterocycles. The van der Waals surface area contributed by atoms with Gasteiger partial charge < -0.3 is 5.32 Å². The van der Waals surface area contributed by atoms with Gasteiger partial charge in [-0.15, -0.1) is 0 Å². The maximum atomic E-state index is 13.1. The Morgan fingerprint density at radius 2 is 1.67 bits per heavy atom. The molecule has 0 radical (unpaired) electrons. The molecule has 33 heavy (non-hydrogen) atoms. The Labute approximate surface area is 192 Å². The number of urea groups is 1. The van der Waals surface area contributed by atoms with Gasteiger partial charge in [0.1, 0.15) is 11.3 Å². The van der Waals surface area contributed by atoms with Gasteiger partial charge in [-0.2, -0.15) is 10.1 Å². The summed E-state index contributed by atoms with van der Waals surface area (Å²) in [6.07, 6.45) is 3.27. The van der Waals surface area contributed by atoms with E-state index in [9.17, 15) is 14.4 Å². The normalized spacial score (nSPS) is 27.0. The number of imide groups is 1. The lowest BCUT2D eigenvalue weighted by molar-refractivity contribution is -0.138. The summed E-state index contributed by atoms with van der Waals surface area (Å²) in [6.45, 7) is 2.15. The van der Waals surface area contributed by atoms with Crippen molar-refractivity contribution in [2.75, 3.05) is 5.01 Å². The highest BCUT2D eigenvalue weighted by molar-refractivity contribution is 6.40. The molecule has 4 amide bonds. The number of hydrazone groups is 1. The van der Waals surface area contributed by atoms with E-state index in [-0.39, 0.29) is 17.7 Å². The lowest BCUT2D eigenvalue weighted by atomic mass is 9.77. The van der Waals surface area contributed by atoms with Gasteiger partial charge in [0.2, 0.25) is 0 Å². The summed E-state index contributed by atoms with van der Waals surface area (Å²) in [5, 5.41) is 10.1. The fourth-order valence-electron chi connectivity index (χ4n) is 4.88. The highest BCUT2D eigenvalue weighted by Gasteiger charge is 2.53. The van der Waals surface area contributed by atoms with E-state index in [2.05, 4.69) is 22.8 Å². The molecule has 0 aromatic heterocycles. The zero-order chi connectivity index (χ0) is 23.0. The van der Waals surface area contributed by atoms with Gasteiger partial charge in [0.15, 0.2) is 0 Å². The average molecular weight is 446 g/mol. The maximum absolute atomic E-state index is 13.1. The summed E-state index contributed by atoms with van der Waals surface area (Å²) in [5.74, 6) is -0.402. The van der Waals surface area contributed by atoms with Crippen molar-refractivity contribution in [3.05, 3.63) is 66.2 Å². The molecule has 2 fully saturated rings. The SMILES string of the molecule is CC1CCC2(CC1)NC(=O)N(NC(=O)C1=NN(c3ccccc3)C(c3ccccc3)C1)C2=O. The summed E-state index contributed by atoms with van der Waals surface area (Å²) in [4.78, 5) is 38.8. The van der Waals surface area contributed by atoms with E-state index in [1.165, 1.54) is 0 Å². The Morgan fingerprint density at radius 3 is 2.33 bits per heavy atom. The zero-order valence-corrected chi connectivity index (χ0v) is 18.5. The standard InChI is InChI=1S/C25H27N5O3/c1-17-12-14-25(15-13-17)23(32)30(24(33)26-25)28-22(31)20-16-21(18-8-4-2-5-9-18)29(27-20)19-10-6-3-7-11-19/h2-11,17,21H,12-16H2,1H3,(H,26,33)(H,28,31). The van der Waals surface area contributed by atoms with Gasteiger partial charge in [-0.25, -0.2) is 4.79 Å². The van der Waals surface area contributed by atoms with Crippen LogP contribution in [0, 0.1) is 5.92 Å². The summed E-state index contributed by atoms with van der Waals surface area (Å²) < 4.78 is 0. The predicted octanol–water partition coefficient (Wildman–Crippen LogP) is 3.53. The van der Waals surface area contributed by atoms with Crippen LogP contribution in [0.1, 0.15) is 50.6 Å². The van der Waals surface area contributed by atoms with Crippen molar-refractivity contribution in [3.8, 4) is 0 Å². The molecule has 2 aromatic carbocycles. The number of hydrogen-bond donors (Lipinski definition) is 2. The van der Waals surface area contributed by atoms with Gasteiger partial charge in [-0.3, -0.25) is 20.0 Å². The third kappa shape index (κ3) is 3.86. The topological polar surface area (TPSA) is 94.1 Å². The highest BCUT2D eigenvalue weighted by Crippen LogP contribution is 2.37. The van der Waals surface area contributed by atoms with Gasteiger partial charge in [0.25, 0.3) is 11.8 Å². The predicted molar refractivity (Wildman–Crippen MR) is 124 cm³/mol. The van der Waals surface area contributed by atoms with Crippen molar-refractivity contribution in [1.29, 1.82) is 0 Å². The number of nitrogens with zero attached hydrogens (tertiary/aromatic N) is 3. The van der Waals surface area contributed by atoms with Crippen LogP contribution in [0.15, 0.2) is 65.8 Å². The largest absolute Gasteiger partial charge is 0.344 e. The number of amides is 4. The molecule has 170 valence electrons. The molecule has 3 aliphatic rings. The first-order valence-corrected chi connectivity index (χ1v) is 11.4. The third-order valence-corrected chi connectivity index (χ3v) is 6.88. The summed E-state index contributed by atoms with van der Waals surface area (Å²) in [5.41, 5.74) is 3.77. The third-order valence-electron chi connectivity index (χ3n) is 6.88. The first-order valence-electron chi connectivity index (χ1n) is 11.4. The van der Waals surface area contributed by atoms with Crippen LogP contribution in [0.2, 0.25) is 0 Å². The molecule has 2 aliphatic heterocycles. The second-order valence-corrected chi connectivity index (χ2v) is 9.13. The number of nitrogens with one attached hydrogen (secondary N) is 2. The Morgan fingerprint density at radius 1 is 1.03 bits per heavy atom. The van der Waals surface area contributed by atoms with Crippen molar-refractivity contribution in [1.82, 2.24) is 15.8 Å². The molecule has 1 spiro atoms. The minimum Gasteiger partial charge on any atom is -0.322 e. The van der Waals surface area contributed by atoms with E-state index < -0.39 is 17.5 Å². The van der Waals surface area contributed by atoms with E-state index in [1.807, 2.05) is 65.7 Å². The molecule has 2 aromatic rings. The molecule has 1 aliphatic carbocycles. The summed E-state index contributed by atoms with van der Waals surface area (Å²) >= 11 is 0. The van der Waals surface area contributed by atoms with Crippen molar-refractivity contribution < 1.29 is 14.4 Å². The second kappa shape index (κ2) is 8.35. The van der Waals surface area contributed by atoms with Crippen molar-refractivity contribution >= 4 is 29.2 Å². The van der Waals surface area contributed by atoms with Crippen LogP contribution in [0.25, 0.3) is 0 Å². The molecule has 5 rings (SSSR count). The van der Waals surface area contributed by atoms with Gasteiger partial charge in [0, 0.05) is 6.42 Å². The van der Waals surface area contributed by atoms with Crippen LogP contribution < -0.4 is 15.8 Å². The average Bonchev–Trinajstić information content (AvgIpc) is 3.38. The molecule has 1 atom stereocenters. The van der Waals surface area contributed by atoms with Crippen LogP contribution in [0.5, 0.6) is 0 Å². The molecular formula is C25H27N5O3. The van der Waals surface area contributed by atoms with Crippen LogP contribution in [0.4, 0.5) is 10.5 Å². The lowest BCUT2D eigenvalue weighted by Gasteiger charge is -2.33. The molecular weight excluding hydrogens is 418 g/mol. The fraction of sp³-hybridized carbons (Fsp3) is 0.360. The highest BCUT2D eigenvalue weighted by atomic mass is 16.2. The Bertz CT molecular complexity index is 1090. The van der Waals surface area contributed by atoms with E-state index in [0.717, 1.165) is 29.1 Å². The van der Waals surface area contributed by atoms with Crippen LogP contribution in [-0.2, 0) is 9.59 Å². The Balaban J connectivity index is 1.36. The molecule has 1 saturated carbocycles. The number of benzene rings is 2. The number of hydrazine groups is 1. The fourth-order valence-corrected chi connectivity index (χ4v) is 4.88. The number of para-hydroxylation sites is 1. The Kier molecular flexibility index (Phi) is 5.36. The summed E-state index contributed by atoms with van der Waals surface area (Å²) in [7, 11) is 0. The quantitative estimate of drug-likeness (QED) is 0.704. The number of anilines is 1. The molecule has 1 saturated heterocycles. The summed E-state index contributed by atoms with van der Waals surface area (Å²) in [6, 6.07) is 18.7. The van der Waals surface area contributed by atoms with E-state index in [4.69, 9.17) is 0 Å². The first-order chi connectivity index (χ1) is 16.0. The molecule has 8 heteroatoms. The smallest absolute Gasteiger partial charge is 0.322 e. The minimum atomic E-state index is -0.906. The van der Waals surface area contributed by atoms with E-state index in [0.29, 0.717) is 25.2 Å². The molecule has 2 N–H and O–H groups in total. The van der Waals surface area contributed by atoms with Crippen LogP contribution >= 0.6 is 0 Å².